The largest absolute Gasteiger partial charge is 0.369 e. The van der Waals surface area contributed by atoms with Gasteiger partial charge in [0.15, 0.2) is 0 Å². The maximum atomic E-state index is 13.9. The third kappa shape index (κ3) is 2.05. The fourth-order valence-electron chi connectivity index (χ4n) is 2.45. The monoisotopic (exact) mass is 268 g/mol. The molecule has 0 saturated heterocycles. The van der Waals surface area contributed by atoms with Crippen molar-refractivity contribution in [3.05, 3.63) is 59.9 Å². The van der Waals surface area contributed by atoms with Crippen LogP contribution in [-0.2, 0) is 11.2 Å². The van der Waals surface area contributed by atoms with E-state index >= 15 is 0 Å². The molecule has 0 unspecified atom stereocenters. The SMILES string of the molecule is NC(=O)Cc1c(-c2ccccc2)[nH]c2c(F)cccc12. The summed E-state index contributed by atoms with van der Waals surface area (Å²) in [6.45, 7) is 0. The molecule has 3 aromatic rings. The summed E-state index contributed by atoms with van der Waals surface area (Å²) in [6, 6.07) is 14.3. The van der Waals surface area contributed by atoms with E-state index in [2.05, 4.69) is 4.98 Å². The van der Waals surface area contributed by atoms with E-state index in [0.717, 1.165) is 16.8 Å². The van der Waals surface area contributed by atoms with Gasteiger partial charge < -0.3 is 10.7 Å². The first-order valence-corrected chi connectivity index (χ1v) is 6.29. The molecular formula is C16H13FN2O. The van der Waals surface area contributed by atoms with Crippen molar-refractivity contribution >= 4 is 16.8 Å². The van der Waals surface area contributed by atoms with Gasteiger partial charge in [0.05, 0.1) is 17.6 Å². The molecule has 20 heavy (non-hydrogen) atoms. The van der Waals surface area contributed by atoms with Gasteiger partial charge >= 0.3 is 0 Å². The van der Waals surface area contributed by atoms with E-state index in [0.29, 0.717) is 10.9 Å². The Morgan fingerprint density at radius 1 is 1.10 bits per heavy atom. The van der Waals surface area contributed by atoms with Gasteiger partial charge in [0, 0.05) is 5.39 Å². The Balaban J connectivity index is 2.30. The number of para-hydroxylation sites is 1. The Hall–Kier alpha value is -2.62. The highest BCUT2D eigenvalue weighted by Crippen LogP contribution is 2.31. The third-order valence-electron chi connectivity index (χ3n) is 3.30. The molecular weight excluding hydrogens is 255 g/mol. The predicted molar refractivity (Wildman–Crippen MR) is 76.6 cm³/mol. The lowest BCUT2D eigenvalue weighted by Gasteiger charge is -2.02. The Morgan fingerprint density at radius 2 is 1.85 bits per heavy atom. The summed E-state index contributed by atoms with van der Waals surface area (Å²) < 4.78 is 13.9. The Morgan fingerprint density at radius 3 is 2.55 bits per heavy atom. The Labute approximate surface area is 115 Å². The van der Waals surface area contributed by atoms with Crippen LogP contribution in [0.3, 0.4) is 0 Å². The van der Waals surface area contributed by atoms with Gasteiger partial charge in [-0.2, -0.15) is 0 Å². The van der Waals surface area contributed by atoms with Gasteiger partial charge in [-0.3, -0.25) is 4.79 Å². The van der Waals surface area contributed by atoms with Crippen LogP contribution >= 0.6 is 0 Å². The highest BCUT2D eigenvalue weighted by atomic mass is 19.1. The topological polar surface area (TPSA) is 58.9 Å². The summed E-state index contributed by atoms with van der Waals surface area (Å²) >= 11 is 0. The van der Waals surface area contributed by atoms with Crippen LogP contribution in [0.25, 0.3) is 22.2 Å². The molecule has 2 aromatic carbocycles. The number of fused-ring (bicyclic) bond motifs is 1. The van der Waals surface area contributed by atoms with Crippen molar-refractivity contribution in [1.29, 1.82) is 0 Å². The minimum atomic E-state index is -0.438. The molecule has 0 saturated carbocycles. The lowest BCUT2D eigenvalue weighted by atomic mass is 10.0. The smallest absolute Gasteiger partial charge is 0.221 e. The number of benzene rings is 2. The summed E-state index contributed by atoms with van der Waals surface area (Å²) in [4.78, 5) is 14.4. The number of nitrogens with two attached hydrogens (primary N) is 1. The average Bonchev–Trinajstić information content (AvgIpc) is 2.80. The normalized spacial score (nSPS) is 10.8. The molecule has 0 radical (unpaired) electrons. The second-order valence-corrected chi connectivity index (χ2v) is 4.65. The van der Waals surface area contributed by atoms with Crippen molar-refractivity contribution in [3.63, 3.8) is 0 Å². The van der Waals surface area contributed by atoms with Crippen LogP contribution in [0.1, 0.15) is 5.56 Å². The first-order valence-electron chi connectivity index (χ1n) is 6.29. The first-order chi connectivity index (χ1) is 9.66. The van der Waals surface area contributed by atoms with Crippen LogP contribution in [0.5, 0.6) is 0 Å². The number of carbonyl (C=O) groups excluding carboxylic acids is 1. The molecule has 0 aliphatic rings. The van der Waals surface area contributed by atoms with E-state index in [-0.39, 0.29) is 12.2 Å². The number of hydrogen-bond acceptors (Lipinski definition) is 1. The van der Waals surface area contributed by atoms with Crippen molar-refractivity contribution < 1.29 is 9.18 Å². The molecule has 0 aliphatic carbocycles. The maximum absolute atomic E-state index is 13.9. The first kappa shape index (κ1) is 12.4. The van der Waals surface area contributed by atoms with Crippen molar-refractivity contribution in [2.75, 3.05) is 0 Å². The number of primary amides is 1. The van der Waals surface area contributed by atoms with Gasteiger partial charge in [-0.25, -0.2) is 4.39 Å². The molecule has 0 bridgehead atoms. The Bertz CT molecular complexity index is 778. The number of aromatic nitrogens is 1. The summed E-state index contributed by atoms with van der Waals surface area (Å²) in [5.41, 5.74) is 8.10. The molecule has 1 amide bonds. The zero-order valence-electron chi connectivity index (χ0n) is 10.7. The van der Waals surface area contributed by atoms with Gasteiger partial charge in [0.25, 0.3) is 0 Å². The fourth-order valence-corrected chi connectivity index (χ4v) is 2.45. The molecule has 0 fully saturated rings. The number of H-pyrrole nitrogens is 1. The molecule has 4 heteroatoms. The summed E-state index contributed by atoms with van der Waals surface area (Å²) in [6.07, 6.45) is 0.0771. The van der Waals surface area contributed by atoms with Gasteiger partial charge in [-0.1, -0.05) is 42.5 Å². The van der Waals surface area contributed by atoms with Gasteiger partial charge in [-0.15, -0.1) is 0 Å². The number of hydrogen-bond donors (Lipinski definition) is 2. The molecule has 0 spiro atoms. The van der Waals surface area contributed by atoms with Gasteiger partial charge in [0.2, 0.25) is 5.91 Å². The van der Waals surface area contributed by atoms with E-state index in [9.17, 15) is 9.18 Å². The van der Waals surface area contributed by atoms with Gasteiger partial charge in [-0.05, 0) is 17.2 Å². The van der Waals surface area contributed by atoms with Crippen molar-refractivity contribution in [1.82, 2.24) is 4.98 Å². The van der Waals surface area contributed by atoms with Crippen LogP contribution in [0.2, 0.25) is 0 Å². The average molecular weight is 268 g/mol. The molecule has 1 heterocycles. The number of halogens is 1. The lowest BCUT2D eigenvalue weighted by Crippen LogP contribution is -2.13. The maximum Gasteiger partial charge on any atom is 0.221 e. The fraction of sp³-hybridized carbons (Fsp3) is 0.0625. The summed E-state index contributed by atoms with van der Waals surface area (Å²) in [5, 5.41) is 0.697. The molecule has 3 rings (SSSR count). The minimum Gasteiger partial charge on any atom is -0.369 e. The summed E-state index contributed by atoms with van der Waals surface area (Å²) in [5.74, 6) is -0.775. The van der Waals surface area contributed by atoms with Crippen LogP contribution < -0.4 is 5.73 Å². The number of rotatable bonds is 3. The molecule has 3 N–H and O–H groups in total. The molecule has 0 atom stereocenters. The lowest BCUT2D eigenvalue weighted by molar-refractivity contribution is -0.117. The second-order valence-electron chi connectivity index (χ2n) is 4.65. The number of aromatic amines is 1. The predicted octanol–water partition coefficient (Wildman–Crippen LogP) is 3.00. The highest BCUT2D eigenvalue weighted by molar-refractivity contribution is 5.95. The number of amides is 1. The minimum absolute atomic E-state index is 0.0771. The quantitative estimate of drug-likeness (QED) is 0.753. The van der Waals surface area contributed by atoms with Crippen molar-refractivity contribution in [2.24, 2.45) is 5.73 Å². The van der Waals surface area contributed by atoms with E-state index in [1.54, 1.807) is 12.1 Å². The van der Waals surface area contributed by atoms with Crippen LogP contribution in [0, 0.1) is 5.82 Å². The Kier molecular flexibility index (Phi) is 2.99. The highest BCUT2D eigenvalue weighted by Gasteiger charge is 2.16. The number of carbonyl (C=O) groups is 1. The molecule has 100 valence electrons. The van der Waals surface area contributed by atoms with Crippen molar-refractivity contribution in [3.8, 4) is 11.3 Å². The zero-order valence-corrected chi connectivity index (χ0v) is 10.7. The summed E-state index contributed by atoms with van der Waals surface area (Å²) in [7, 11) is 0. The second kappa shape index (κ2) is 4.81. The molecule has 0 aliphatic heterocycles. The van der Waals surface area contributed by atoms with E-state index in [1.807, 2.05) is 30.3 Å². The van der Waals surface area contributed by atoms with Crippen molar-refractivity contribution in [2.45, 2.75) is 6.42 Å². The van der Waals surface area contributed by atoms with E-state index < -0.39 is 5.91 Å². The van der Waals surface area contributed by atoms with Crippen LogP contribution in [0.15, 0.2) is 48.5 Å². The number of nitrogens with one attached hydrogen (secondary N) is 1. The third-order valence-corrected chi connectivity index (χ3v) is 3.30. The van der Waals surface area contributed by atoms with E-state index in [4.69, 9.17) is 5.73 Å². The molecule has 3 nitrogen and oxygen atoms in total. The zero-order chi connectivity index (χ0) is 14.1. The standard InChI is InChI=1S/C16H13FN2O/c17-13-8-4-7-11-12(9-14(18)20)15(19-16(11)13)10-5-2-1-3-6-10/h1-8,19H,9H2,(H2,18,20). The van der Waals surface area contributed by atoms with Crippen LogP contribution in [0.4, 0.5) is 4.39 Å². The molecule has 1 aromatic heterocycles. The van der Waals surface area contributed by atoms with E-state index in [1.165, 1.54) is 6.07 Å². The van der Waals surface area contributed by atoms with Gasteiger partial charge in [0.1, 0.15) is 5.82 Å². The van der Waals surface area contributed by atoms with Crippen LogP contribution in [-0.4, -0.2) is 10.9 Å².